The van der Waals surface area contributed by atoms with Gasteiger partial charge in [-0.05, 0) is 24.0 Å². The number of unbranched alkanes of at least 4 members (excludes halogenated alkanes) is 1. The van der Waals surface area contributed by atoms with Crippen molar-refractivity contribution in [2.45, 2.75) is 32.6 Å². The minimum atomic E-state index is 0.494. The van der Waals surface area contributed by atoms with Crippen LogP contribution in [0.1, 0.15) is 38.2 Å². The summed E-state index contributed by atoms with van der Waals surface area (Å²) in [5.74, 6) is 4.10. The monoisotopic (exact) mass is 202 g/mol. The first kappa shape index (κ1) is 11.7. The van der Waals surface area contributed by atoms with Crippen LogP contribution in [0.4, 0.5) is 0 Å². The highest BCUT2D eigenvalue weighted by Crippen LogP contribution is 2.25. The first-order chi connectivity index (χ1) is 7.25. The average molecular weight is 202 g/mol. The first-order valence-corrected chi connectivity index (χ1v) is 5.41. The predicted molar refractivity (Wildman–Crippen MR) is 64.1 cm³/mol. The molecule has 0 fully saturated rings. The number of benzene rings is 1. The Balaban J connectivity index is 2.56. The van der Waals surface area contributed by atoms with E-state index in [1.165, 1.54) is 5.56 Å². The zero-order valence-corrected chi connectivity index (χ0v) is 9.49. The lowest BCUT2D eigenvalue weighted by molar-refractivity contribution is 0.308. The molecule has 15 heavy (non-hydrogen) atoms. The molecule has 1 nitrogen and oxygen atoms in total. The highest BCUT2D eigenvalue weighted by Gasteiger charge is 2.05. The lowest BCUT2D eigenvalue weighted by atomic mass is 10.0. The summed E-state index contributed by atoms with van der Waals surface area (Å²) in [4.78, 5) is 0. The third-order valence-electron chi connectivity index (χ3n) is 2.26. The van der Waals surface area contributed by atoms with E-state index >= 15 is 0 Å². The normalized spacial score (nSPS) is 10.0. The summed E-state index contributed by atoms with van der Waals surface area (Å²) in [6.07, 6.45) is 6.88. The highest BCUT2D eigenvalue weighted by atomic mass is 16.5. The molecule has 0 aliphatic heterocycles. The van der Waals surface area contributed by atoms with E-state index in [9.17, 15) is 0 Å². The van der Waals surface area contributed by atoms with E-state index in [0.29, 0.717) is 12.5 Å². The molecular formula is C14H18O. The number of rotatable bonds is 5. The summed E-state index contributed by atoms with van der Waals surface area (Å²) in [6, 6.07) is 8.18. The lowest BCUT2D eigenvalue weighted by Gasteiger charge is -2.13. The summed E-state index contributed by atoms with van der Waals surface area (Å²) >= 11 is 0. The maximum absolute atomic E-state index is 5.70. The van der Waals surface area contributed by atoms with Crippen LogP contribution >= 0.6 is 0 Å². The Hall–Kier alpha value is -1.42. The van der Waals surface area contributed by atoms with Gasteiger partial charge in [-0.25, -0.2) is 0 Å². The number of terminal acetylenes is 1. The van der Waals surface area contributed by atoms with Gasteiger partial charge in [0.2, 0.25) is 0 Å². The van der Waals surface area contributed by atoms with E-state index in [4.69, 9.17) is 11.2 Å². The second kappa shape index (κ2) is 6.14. The summed E-state index contributed by atoms with van der Waals surface area (Å²) in [6.45, 7) is 5.04. The van der Waals surface area contributed by atoms with Crippen molar-refractivity contribution in [3.63, 3.8) is 0 Å². The molecule has 0 aromatic heterocycles. The van der Waals surface area contributed by atoms with Gasteiger partial charge in [-0.3, -0.25) is 0 Å². The summed E-state index contributed by atoms with van der Waals surface area (Å²) in [5.41, 5.74) is 1.26. The predicted octanol–water partition coefficient (Wildman–Crippen LogP) is 3.60. The molecule has 1 heteroatoms. The Morgan fingerprint density at radius 3 is 2.73 bits per heavy atom. The second-order valence-corrected chi connectivity index (χ2v) is 3.85. The Kier molecular flexibility index (Phi) is 4.77. The van der Waals surface area contributed by atoms with Gasteiger partial charge in [0.05, 0.1) is 6.61 Å². The van der Waals surface area contributed by atoms with E-state index in [2.05, 4.69) is 25.8 Å². The Bertz CT molecular complexity index is 333. The largest absolute Gasteiger partial charge is 0.493 e. The quantitative estimate of drug-likeness (QED) is 0.523. The smallest absolute Gasteiger partial charge is 0.122 e. The van der Waals surface area contributed by atoms with Crippen LogP contribution in [0.25, 0.3) is 0 Å². The fourth-order valence-electron chi connectivity index (χ4n) is 1.45. The van der Waals surface area contributed by atoms with Gasteiger partial charge >= 0.3 is 0 Å². The lowest BCUT2D eigenvalue weighted by Crippen LogP contribution is -2.00. The molecule has 0 unspecified atom stereocenters. The zero-order chi connectivity index (χ0) is 11.1. The SMILES string of the molecule is C#CCCCOc1ccccc1C(C)C. The zero-order valence-electron chi connectivity index (χ0n) is 9.49. The molecule has 0 heterocycles. The fourth-order valence-corrected chi connectivity index (χ4v) is 1.45. The molecular weight excluding hydrogens is 184 g/mol. The van der Waals surface area contributed by atoms with Gasteiger partial charge < -0.3 is 4.74 Å². The summed E-state index contributed by atoms with van der Waals surface area (Å²) in [5, 5.41) is 0. The Labute approximate surface area is 92.5 Å². The molecule has 1 aromatic carbocycles. The first-order valence-electron chi connectivity index (χ1n) is 5.41. The van der Waals surface area contributed by atoms with E-state index in [0.717, 1.165) is 18.6 Å². The second-order valence-electron chi connectivity index (χ2n) is 3.85. The van der Waals surface area contributed by atoms with Gasteiger partial charge in [0.15, 0.2) is 0 Å². The van der Waals surface area contributed by atoms with Gasteiger partial charge in [-0.15, -0.1) is 12.3 Å². The third-order valence-corrected chi connectivity index (χ3v) is 2.26. The summed E-state index contributed by atoms with van der Waals surface area (Å²) < 4.78 is 5.70. The third kappa shape index (κ3) is 3.67. The number of ether oxygens (including phenoxy) is 1. The van der Waals surface area contributed by atoms with E-state index in [1.54, 1.807) is 0 Å². The topological polar surface area (TPSA) is 9.23 Å². The molecule has 0 saturated heterocycles. The molecule has 0 spiro atoms. The Morgan fingerprint density at radius 1 is 1.33 bits per heavy atom. The number of hydrogen-bond donors (Lipinski definition) is 0. The van der Waals surface area contributed by atoms with Crippen LogP contribution in [0.15, 0.2) is 24.3 Å². The number of hydrogen-bond acceptors (Lipinski definition) is 1. The molecule has 1 aromatic rings. The van der Waals surface area contributed by atoms with Crippen LogP contribution in [0.5, 0.6) is 5.75 Å². The van der Waals surface area contributed by atoms with Crippen LogP contribution in [-0.2, 0) is 0 Å². The molecule has 0 aliphatic carbocycles. The van der Waals surface area contributed by atoms with Crippen molar-refractivity contribution < 1.29 is 4.74 Å². The summed E-state index contributed by atoms with van der Waals surface area (Å²) in [7, 11) is 0. The molecule has 0 radical (unpaired) electrons. The van der Waals surface area contributed by atoms with Crippen LogP contribution in [-0.4, -0.2) is 6.61 Å². The minimum absolute atomic E-state index is 0.494. The van der Waals surface area contributed by atoms with Gasteiger partial charge in [0.1, 0.15) is 5.75 Å². The molecule has 0 bridgehead atoms. The maximum Gasteiger partial charge on any atom is 0.122 e. The van der Waals surface area contributed by atoms with Crippen LogP contribution < -0.4 is 4.74 Å². The van der Waals surface area contributed by atoms with Gasteiger partial charge in [0.25, 0.3) is 0 Å². The standard InChI is InChI=1S/C14H18O/c1-4-5-8-11-15-14-10-7-6-9-13(14)12(2)3/h1,6-7,9-10,12H,5,8,11H2,2-3H3. The molecule has 0 saturated carbocycles. The molecule has 0 N–H and O–H groups in total. The maximum atomic E-state index is 5.70. The van der Waals surface area contributed by atoms with Crippen molar-refractivity contribution in [1.82, 2.24) is 0 Å². The Morgan fingerprint density at radius 2 is 2.07 bits per heavy atom. The highest BCUT2D eigenvalue weighted by molar-refractivity contribution is 5.35. The molecule has 80 valence electrons. The van der Waals surface area contributed by atoms with Gasteiger partial charge in [-0.1, -0.05) is 32.0 Å². The van der Waals surface area contributed by atoms with Gasteiger partial charge in [-0.2, -0.15) is 0 Å². The van der Waals surface area contributed by atoms with E-state index in [-0.39, 0.29) is 0 Å². The van der Waals surface area contributed by atoms with Crippen molar-refractivity contribution in [1.29, 1.82) is 0 Å². The van der Waals surface area contributed by atoms with E-state index < -0.39 is 0 Å². The molecule has 1 rings (SSSR count). The van der Waals surface area contributed by atoms with Crippen LogP contribution in [0.2, 0.25) is 0 Å². The van der Waals surface area contributed by atoms with Crippen molar-refractivity contribution in [2.75, 3.05) is 6.61 Å². The molecule has 0 amide bonds. The number of para-hydroxylation sites is 1. The van der Waals surface area contributed by atoms with Gasteiger partial charge in [0, 0.05) is 6.42 Å². The fraction of sp³-hybridized carbons (Fsp3) is 0.429. The van der Waals surface area contributed by atoms with Crippen molar-refractivity contribution in [3.05, 3.63) is 29.8 Å². The minimum Gasteiger partial charge on any atom is -0.493 e. The van der Waals surface area contributed by atoms with Crippen LogP contribution in [0.3, 0.4) is 0 Å². The van der Waals surface area contributed by atoms with Crippen molar-refractivity contribution in [2.24, 2.45) is 0 Å². The molecule has 0 aliphatic rings. The van der Waals surface area contributed by atoms with Crippen molar-refractivity contribution in [3.8, 4) is 18.1 Å². The van der Waals surface area contributed by atoms with Crippen molar-refractivity contribution >= 4 is 0 Å². The van der Waals surface area contributed by atoms with E-state index in [1.807, 2.05) is 18.2 Å². The molecule has 0 atom stereocenters. The van der Waals surface area contributed by atoms with Crippen LogP contribution in [0, 0.1) is 12.3 Å². The average Bonchev–Trinajstić information content (AvgIpc) is 2.25.